The number of nitrogens with zero attached hydrogens (tertiary/aromatic N) is 1. The molecule has 0 spiro atoms. The highest BCUT2D eigenvalue weighted by molar-refractivity contribution is 5.99. The Morgan fingerprint density at radius 2 is 1.76 bits per heavy atom. The molecule has 1 heterocycles. The molecule has 3 aromatic rings. The van der Waals surface area contributed by atoms with Crippen molar-refractivity contribution in [1.82, 2.24) is 4.90 Å². The fraction of sp³-hybridized carbons (Fsp3) is 0.345. The maximum atomic E-state index is 12.1. The average Bonchev–Trinajstić information content (AvgIpc) is 2.84. The first-order valence-electron chi connectivity index (χ1n) is 12.0. The van der Waals surface area contributed by atoms with Crippen LogP contribution in [0.3, 0.4) is 0 Å². The lowest BCUT2D eigenvalue weighted by molar-refractivity contribution is -0.128. The Morgan fingerprint density at radius 3 is 2.48 bits per heavy atom. The zero-order valence-electron chi connectivity index (χ0n) is 19.2. The summed E-state index contributed by atoms with van der Waals surface area (Å²) in [7, 11) is 0. The van der Waals surface area contributed by atoms with Gasteiger partial charge in [0.1, 0.15) is 18.0 Å². The summed E-state index contributed by atoms with van der Waals surface area (Å²) >= 11 is 0. The van der Waals surface area contributed by atoms with E-state index >= 15 is 0 Å². The normalized spacial score (nSPS) is 20.5. The number of fused-ring (bicyclic) bond motifs is 3. The van der Waals surface area contributed by atoms with Crippen molar-refractivity contribution in [2.24, 2.45) is 0 Å². The molecule has 1 N–H and O–H groups in total. The molecule has 3 aromatic carbocycles. The molecule has 33 heavy (non-hydrogen) atoms. The summed E-state index contributed by atoms with van der Waals surface area (Å²) in [5.41, 5.74) is 0.739. The van der Waals surface area contributed by atoms with Gasteiger partial charge in [-0.25, -0.2) is 0 Å². The number of hydrogen-bond acceptors (Lipinski definition) is 4. The van der Waals surface area contributed by atoms with Gasteiger partial charge in [-0.15, -0.1) is 0 Å². The zero-order valence-corrected chi connectivity index (χ0v) is 19.2. The smallest absolute Gasteiger partial charge is 0.165 e. The van der Waals surface area contributed by atoms with Crippen molar-refractivity contribution < 1.29 is 14.6 Å². The number of hydrogen-bond donors (Lipinski definition) is 1. The summed E-state index contributed by atoms with van der Waals surface area (Å²) in [6, 6.07) is 18.7. The van der Waals surface area contributed by atoms with Crippen molar-refractivity contribution in [2.45, 2.75) is 38.2 Å². The number of carbonyl (C=O) groups excluding carboxylic acids is 1. The maximum absolute atomic E-state index is 12.1. The molecule has 1 fully saturated rings. The van der Waals surface area contributed by atoms with E-state index in [-0.39, 0.29) is 5.78 Å². The van der Waals surface area contributed by atoms with Gasteiger partial charge in [-0.2, -0.15) is 0 Å². The van der Waals surface area contributed by atoms with Gasteiger partial charge in [-0.3, -0.25) is 9.69 Å². The second-order valence-electron chi connectivity index (χ2n) is 9.28. The average molecular weight is 442 g/mol. The number of likely N-dealkylation sites (tertiary alicyclic amines) is 1. The topological polar surface area (TPSA) is 49.8 Å². The van der Waals surface area contributed by atoms with E-state index in [1.54, 1.807) is 6.08 Å². The number of carbonyl (C=O) groups is 1. The lowest BCUT2D eigenvalue weighted by atomic mass is 9.86. The summed E-state index contributed by atoms with van der Waals surface area (Å²) in [5, 5.41) is 15.1. The summed E-state index contributed by atoms with van der Waals surface area (Å²) in [6.45, 7) is 5.49. The molecule has 0 saturated carbocycles. The van der Waals surface area contributed by atoms with Gasteiger partial charge in [0.25, 0.3) is 0 Å². The van der Waals surface area contributed by atoms with Crippen LogP contribution >= 0.6 is 0 Å². The van der Waals surface area contributed by atoms with Gasteiger partial charge in [0, 0.05) is 13.0 Å². The standard InChI is InChI=1S/C29H31NO3/c1-21(31)29(32)14-13-25-23(20-29)19-28(27-8-4-3-7-26(25)27)22-9-11-24(12-10-22)33-18-17-30-15-5-2-6-16-30/h3-4,7-13,19-20,32H,2,5-6,14-18H2,1H3. The van der Waals surface area contributed by atoms with Gasteiger partial charge in [0.2, 0.25) is 0 Å². The highest BCUT2D eigenvalue weighted by Crippen LogP contribution is 2.28. The Kier molecular flexibility index (Phi) is 6.05. The van der Waals surface area contributed by atoms with Crippen LogP contribution < -0.4 is 15.2 Å². The Hall–Kier alpha value is -2.95. The molecule has 5 rings (SSSR count). The predicted octanol–water partition coefficient (Wildman–Crippen LogP) is 3.66. The van der Waals surface area contributed by atoms with Crippen LogP contribution in [0, 0.1) is 0 Å². The second-order valence-corrected chi connectivity index (χ2v) is 9.28. The monoisotopic (exact) mass is 441 g/mol. The first-order valence-corrected chi connectivity index (χ1v) is 12.0. The van der Waals surface area contributed by atoms with E-state index in [1.165, 1.54) is 39.3 Å². The predicted molar refractivity (Wildman–Crippen MR) is 134 cm³/mol. The summed E-state index contributed by atoms with van der Waals surface area (Å²) in [5.74, 6) is 0.647. The third-order valence-corrected chi connectivity index (χ3v) is 7.03. The molecule has 1 aliphatic heterocycles. The van der Waals surface area contributed by atoms with Crippen LogP contribution in [0.4, 0.5) is 0 Å². The van der Waals surface area contributed by atoms with Gasteiger partial charge in [0.05, 0.1) is 0 Å². The molecule has 170 valence electrons. The molecule has 0 bridgehead atoms. The van der Waals surface area contributed by atoms with Crippen LogP contribution in [-0.4, -0.2) is 47.6 Å². The third kappa shape index (κ3) is 4.46. The lowest BCUT2D eigenvalue weighted by Gasteiger charge is -2.26. The summed E-state index contributed by atoms with van der Waals surface area (Å²) < 4.78 is 6.01. The maximum Gasteiger partial charge on any atom is 0.165 e. The minimum absolute atomic E-state index is 0.231. The first-order chi connectivity index (χ1) is 16.0. The minimum Gasteiger partial charge on any atom is -0.492 e. The molecule has 0 amide bonds. The fourth-order valence-corrected chi connectivity index (χ4v) is 5.03. The third-order valence-electron chi connectivity index (χ3n) is 7.03. The Bertz CT molecular complexity index is 1290. The van der Waals surface area contributed by atoms with Crippen LogP contribution in [-0.2, 0) is 4.79 Å². The van der Waals surface area contributed by atoms with E-state index in [4.69, 9.17) is 4.74 Å². The number of benzene rings is 3. The van der Waals surface area contributed by atoms with Crippen LogP contribution in [0.2, 0.25) is 0 Å². The summed E-state index contributed by atoms with van der Waals surface area (Å²) in [4.78, 5) is 14.5. The van der Waals surface area contributed by atoms with E-state index in [0.717, 1.165) is 44.6 Å². The largest absolute Gasteiger partial charge is 0.492 e. The van der Waals surface area contributed by atoms with Crippen LogP contribution in [0.1, 0.15) is 32.6 Å². The Morgan fingerprint density at radius 1 is 1.03 bits per heavy atom. The molecule has 4 heteroatoms. The number of piperidine rings is 1. The molecule has 2 aliphatic rings. The second kappa shape index (κ2) is 9.12. The van der Waals surface area contributed by atoms with Gasteiger partial charge < -0.3 is 9.84 Å². The van der Waals surface area contributed by atoms with E-state index in [1.807, 2.05) is 24.3 Å². The van der Waals surface area contributed by atoms with Crippen molar-refractivity contribution in [2.75, 3.05) is 26.2 Å². The lowest BCUT2D eigenvalue weighted by Crippen LogP contribution is -2.43. The molecule has 1 atom stereocenters. The van der Waals surface area contributed by atoms with Crippen molar-refractivity contribution in [3.05, 3.63) is 65.0 Å². The van der Waals surface area contributed by atoms with Crippen LogP contribution in [0.5, 0.6) is 5.75 Å². The van der Waals surface area contributed by atoms with E-state index in [9.17, 15) is 9.90 Å². The Balaban J connectivity index is 1.45. The van der Waals surface area contributed by atoms with Gasteiger partial charge >= 0.3 is 0 Å². The number of ketones is 1. The van der Waals surface area contributed by atoms with Crippen LogP contribution in [0.25, 0.3) is 34.1 Å². The quantitative estimate of drug-likeness (QED) is 0.634. The number of ether oxygens (including phenoxy) is 1. The summed E-state index contributed by atoms with van der Waals surface area (Å²) in [6.07, 6.45) is 7.95. The molecular formula is C29H31NO3. The first kappa shape index (κ1) is 21.9. The molecule has 0 aromatic heterocycles. The van der Waals surface area contributed by atoms with Crippen molar-refractivity contribution in [3.8, 4) is 16.9 Å². The van der Waals surface area contributed by atoms with Gasteiger partial charge in [0.15, 0.2) is 5.78 Å². The Labute approximate surface area is 194 Å². The highest BCUT2D eigenvalue weighted by atomic mass is 16.5. The van der Waals surface area contributed by atoms with Gasteiger partial charge in [-0.05, 0) is 89.5 Å². The van der Waals surface area contributed by atoms with Crippen molar-refractivity contribution in [3.63, 3.8) is 0 Å². The molecule has 1 unspecified atom stereocenters. The van der Waals surface area contributed by atoms with Crippen molar-refractivity contribution >= 4 is 28.7 Å². The van der Waals surface area contributed by atoms with Gasteiger partial charge in [-0.1, -0.05) is 48.9 Å². The number of aliphatic hydroxyl groups is 1. The zero-order chi connectivity index (χ0) is 22.8. The molecular weight excluding hydrogens is 410 g/mol. The van der Waals surface area contributed by atoms with Crippen LogP contribution in [0.15, 0.2) is 54.6 Å². The highest BCUT2D eigenvalue weighted by Gasteiger charge is 2.30. The fourth-order valence-electron chi connectivity index (χ4n) is 5.03. The number of rotatable bonds is 6. The number of Topliss-reactive ketones (excluding diaryl/α,β-unsaturated/α-hetero) is 1. The van der Waals surface area contributed by atoms with E-state index in [0.29, 0.717) is 13.0 Å². The minimum atomic E-state index is -1.43. The molecule has 4 nitrogen and oxygen atoms in total. The van der Waals surface area contributed by atoms with E-state index < -0.39 is 5.60 Å². The SMILES string of the molecule is CC(=O)C1(O)C=c2cc(-c3ccc(OCCN4CCCCC4)cc3)c3ccccc3c2=CC1. The molecule has 0 radical (unpaired) electrons. The molecule has 1 aliphatic carbocycles. The van der Waals surface area contributed by atoms with Crippen molar-refractivity contribution in [1.29, 1.82) is 0 Å². The van der Waals surface area contributed by atoms with E-state index in [2.05, 4.69) is 41.3 Å². The molecule has 1 saturated heterocycles.